The fourth-order valence-corrected chi connectivity index (χ4v) is 8.82. The molecule has 3 N–H and O–H groups in total. The molecule has 3 atom stereocenters. The standard InChI is InChI=1S/C46H57N7O7/c1-8-52-39-12-11-30-22-35(39)36(41(52)37-25-47-14-13-31(37)26-58-7)23-46(4,5)27-60-44(57)38-10-9-16-53(50-38)43(56)33(19-29-18-32(30)21-34(54)20-29)24-49-42(55)40(28(2)3)51(6)45-48-15-17-59-45/h11-15,17-18,20-22,25,28,33,38,40,50,54H,8-10,16,19,23-24,26-27H2,1-7H3,(H,49,55)/t33-,38+,40+/m1/s1. The maximum Gasteiger partial charge on any atom is 0.324 e. The van der Waals surface area contributed by atoms with Crippen molar-refractivity contribution in [2.24, 2.45) is 17.3 Å². The molecule has 1 saturated heterocycles. The predicted octanol–water partition coefficient (Wildman–Crippen LogP) is 6.29. The van der Waals surface area contributed by atoms with E-state index in [-0.39, 0.29) is 43.1 Å². The quantitative estimate of drug-likeness (QED) is 0.136. The van der Waals surface area contributed by atoms with Gasteiger partial charge < -0.3 is 33.8 Å². The van der Waals surface area contributed by atoms with E-state index in [9.17, 15) is 19.5 Å². The molecule has 14 heteroatoms. The van der Waals surface area contributed by atoms with Crippen LogP contribution in [0.15, 0.2) is 71.7 Å². The first-order chi connectivity index (χ1) is 28.8. The number of oxazole rings is 1. The summed E-state index contributed by atoms with van der Waals surface area (Å²) in [5, 5.41) is 16.8. The topological polar surface area (TPSA) is 164 Å². The van der Waals surface area contributed by atoms with Crippen LogP contribution in [0.25, 0.3) is 33.3 Å². The van der Waals surface area contributed by atoms with Crippen LogP contribution in [0.3, 0.4) is 0 Å². The van der Waals surface area contributed by atoms with Crippen molar-refractivity contribution in [1.29, 1.82) is 0 Å². The number of likely N-dealkylation sites (N-methyl/N-ethyl adjacent to an activating group) is 1. The van der Waals surface area contributed by atoms with E-state index >= 15 is 0 Å². The highest BCUT2D eigenvalue weighted by molar-refractivity contribution is 5.95. The fraction of sp³-hybridized carbons (Fsp3) is 0.457. The van der Waals surface area contributed by atoms with Crippen molar-refractivity contribution in [1.82, 2.24) is 30.3 Å². The number of phenolic OH excluding ortho intramolecular Hbond substituents is 1. The molecule has 0 unspecified atom stereocenters. The summed E-state index contributed by atoms with van der Waals surface area (Å²) in [6.45, 7) is 11.8. The lowest BCUT2D eigenvalue weighted by Gasteiger charge is -2.36. The monoisotopic (exact) mass is 819 g/mol. The number of aromatic nitrogens is 3. The van der Waals surface area contributed by atoms with E-state index in [1.165, 1.54) is 17.5 Å². The Kier molecular flexibility index (Phi) is 12.6. The molecule has 2 aliphatic heterocycles. The fourth-order valence-electron chi connectivity index (χ4n) is 8.82. The average molecular weight is 820 g/mol. The molecule has 1 fully saturated rings. The number of fused-ring (bicyclic) bond motifs is 6. The Morgan fingerprint density at radius 3 is 2.68 bits per heavy atom. The van der Waals surface area contributed by atoms with E-state index < -0.39 is 29.4 Å². The number of ether oxygens (including phenoxy) is 2. The van der Waals surface area contributed by atoms with Crippen molar-refractivity contribution >= 4 is 34.7 Å². The number of anilines is 1. The largest absolute Gasteiger partial charge is 0.508 e. The Balaban J connectivity index is 1.32. The zero-order valence-electron chi connectivity index (χ0n) is 35.7. The molecule has 0 spiro atoms. The highest BCUT2D eigenvalue weighted by Crippen LogP contribution is 2.41. The molecule has 5 aromatic rings. The average Bonchev–Trinajstić information content (AvgIpc) is 3.88. The van der Waals surface area contributed by atoms with Gasteiger partial charge in [-0.1, -0.05) is 39.8 Å². The van der Waals surface area contributed by atoms with Gasteiger partial charge >= 0.3 is 5.97 Å². The number of rotatable bonds is 10. The summed E-state index contributed by atoms with van der Waals surface area (Å²) in [5.74, 6) is -1.79. The minimum atomic E-state index is -0.750. The van der Waals surface area contributed by atoms with E-state index in [1.54, 1.807) is 37.4 Å². The molecule has 0 radical (unpaired) electrons. The van der Waals surface area contributed by atoms with Gasteiger partial charge in [0, 0.05) is 68.1 Å². The van der Waals surface area contributed by atoms with Crippen molar-refractivity contribution in [2.45, 2.75) is 85.5 Å². The molecular formula is C46H57N7O7. The number of aryl methyl sites for hydroxylation is 1. The molecule has 5 heterocycles. The van der Waals surface area contributed by atoms with Gasteiger partial charge in [-0.3, -0.25) is 24.4 Å². The van der Waals surface area contributed by atoms with E-state index in [0.29, 0.717) is 45.0 Å². The van der Waals surface area contributed by atoms with Crippen LogP contribution in [0.2, 0.25) is 0 Å². The van der Waals surface area contributed by atoms with Crippen LogP contribution in [0.4, 0.5) is 6.01 Å². The second kappa shape index (κ2) is 17.9. The molecule has 6 bridgehead atoms. The molecule has 2 aliphatic rings. The van der Waals surface area contributed by atoms with Crippen LogP contribution in [-0.4, -0.2) is 88.4 Å². The van der Waals surface area contributed by atoms with Crippen LogP contribution in [-0.2, 0) is 49.9 Å². The third kappa shape index (κ3) is 8.90. The summed E-state index contributed by atoms with van der Waals surface area (Å²) >= 11 is 0. The van der Waals surface area contributed by atoms with Crippen molar-refractivity contribution < 1.29 is 33.4 Å². The van der Waals surface area contributed by atoms with Crippen LogP contribution in [0, 0.1) is 17.3 Å². The van der Waals surface area contributed by atoms with Gasteiger partial charge in [0.25, 0.3) is 6.01 Å². The Morgan fingerprint density at radius 2 is 1.95 bits per heavy atom. The van der Waals surface area contributed by atoms with Gasteiger partial charge in [0.1, 0.15) is 24.1 Å². The highest BCUT2D eigenvalue weighted by atomic mass is 16.5. The third-order valence-corrected chi connectivity index (χ3v) is 11.7. The zero-order valence-corrected chi connectivity index (χ0v) is 35.7. The second-order valence-corrected chi connectivity index (χ2v) is 17.2. The van der Waals surface area contributed by atoms with Crippen molar-refractivity contribution in [3.63, 3.8) is 0 Å². The Hall–Kier alpha value is -5.73. The number of phenols is 1. The van der Waals surface area contributed by atoms with E-state index in [1.807, 2.05) is 32.2 Å². The highest BCUT2D eigenvalue weighted by Gasteiger charge is 2.36. The first kappa shape index (κ1) is 42.4. The number of carbonyl (C=O) groups is 3. The number of nitrogens with zero attached hydrogens (tertiary/aromatic N) is 5. The molecule has 60 heavy (non-hydrogen) atoms. The van der Waals surface area contributed by atoms with Gasteiger partial charge in [0.2, 0.25) is 11.8 Å². The first-order valence-electron chi connectivity index (χ1n) is 20.8. The molecule has 0 saturated carbocycles. The number of hydrogen-bond donors (Lipinski definition) is 3. The number of cyclic esters (lactones) is 1. The van der Waals surface area contributed by atoms with E-state index in [2.05, 4.69) is 64.2 Å². The lowest BCUT2D eigenvalue weighted by atomic mass is 9.84. The SMILES string of the molecule is CCn1c(-c2cnccc2COC)c2c3cc(ccc31)-c1cc(O)cc(c1)C[C@H](CNC(=O)[C@H](C(C)C)N(C)c1ncco1)C(=O)N1CCC[C@H](N1)C(=O)OCC(C)(C)C2. The molecule has 14 nitrogen and oxygen atoms in total. The summed E-state index contributed by atoms with van der Waals surface area (Å²) in [6.07, 6.45) is 8.53. The minimum absolute atomic E-state index is 0.00874. The number of hydrazine groups is 1. The van der Waals surface area contributed by atoms with Crippen LogP contribution in [0.5, 0.6) is 5.75 Å². The smallest absolute Gasteiger partial charge is 0.324 e. The Labute approximate surface area is 351 Å². The molecule has 2 aromatic carbocycles. The molecule has 0 aliphatic carbocycles. The lowest BCUT2D eigenvalue weighted by Crippen LogP contribution is -2.58. The van der Waals surface area contributed by atoms with Crippen molar-refractivity contribution in [2.75, 3.05) is 38.8 Å². The molecule has 318 valence electrons. The molecule has 2 amide bonds. The summed E-state index contributed by atoms with van der Waals surface area (Å²) in [5.41, 5.74) is 10.2. The number of aromatic hydroxyl groups is 1. The number of hydrogen-bond acceptors (Lipinski definition) is 11. The van der Waals surface area contributed by atoms with Crippen LogP contribution >= 0.6 is 0 Å². The maximum atomic E-state index is 14.5. The number of carbonyl (C=O) groups excluding carboxylic acids is 3. The Bertz CT molecular complexity index is 2340. The van der Waals surface area contributed by atoms with E-state index in [4.69, 9.17) is 13.9 Å². The predicted molar refractivity (Wildman–Crippen MR) is 229 cm³/mol. The van der Waals surface area contributed by atoms with Gasteiger partial charge in [0.15, 0.2) is 0 Å². The normalized spacial score (nSPS) is 18.9. The lowest BCUT2D eigenvalue weighted by molar-refractivity contribution is -0.155. The third-order valence-electron chi connectivity index (χ3n) is 11.7. The first-order valence-corrected chi connectivity index (χ1v) is 20.8. The zero-order chi connectivity index (χ0) is 42.7. The van der Waals surface area contributed by atoms with E-state index in [0.717, 1.165) is 50.0 Å². The molecule has 7 rings (SSSR count). The van der Waals surface area contributed by atoms with Gasteiger partial charge in [0.05, 0.1) is 31.0 Å². The van der Waals surface area contributed by atoms with Gasteiger partial charge in [-0.25, -0.2) is 10.4 Å². The minimum Gasteiger partial charge on any atom is -0.508 e. The number of methoxy groups -OCH3 is 1. The van der Waals surface area contributed by atoms with Crippen molar-refractivity contribution in [3.8, 4) is 28.1 Å². The number of esters is 1. The number of amides is 2. The summed E-state index contributed by atoms with van der Waals surface area (Å²) in [4.78, 5) is 52.7. The second-order valence-electron chi connectivity index (χ2n) is 17.2. The Morgan fingerprint density at radius 1 is 1.13 bits per heavy atom. The summed E-state index contributed by atoms with van der Waals surface area (Å²) < 4.78 is 19.5. The molecule has 3 aromatic heterocycles. The van der Waals surface area contributed by atoms with Crippen LogP contribution < -0.4 is 15.6 Å². The maximum absolute atomic E-state index is 14.5. The van der Waals surface area contributed by atoms with Gasteiger partial charge in [-0.05, 0) is 96.7 Å². The van der Waals surface area contributed by atoms with Gasteiger partial charge in [-0.15, -0.1) is 0 Å². The summed E-state index contributed by atoms with van der Waals surface area (Å²) in [6, 6.07) is 12.7. The molecular weight excluding hydrogens is 763 g/mol. The number of pyridine rings is 1. The number of benzene rings is 2. The number of nitrogens with one attached hydrogen (secondary N) is 2. The van der Waals surface area contributed by atoms with Crippen LogP contribution in [0.1, 0.15) is 64.2 Å². The van der Waals surface area contributed by atoms with Gasteiger partial charge in [-0.2, -0.15) is 0 Å². The van der Waals surface area contributed by atoms with Crippen molar-refractivity contribution in [3.05, 3.63) is 84.0 Å². The summed E-state index contributed by atoms with van der Waals surface area (Å²) in [7, 11) is 3.43.